The number of aromatic nitrogens is 4. The van der Waals surface area contributed by atoms with E-state index in [9.17, 15) is 54.3 Å². The fourth-order valence-electron chi connectivity index (χ4n) is 10.2. The van der Waals surface area contributed by atoms with Gasteiger partial charge in [-0.15, -0.1) is 0 Å². The van der Waals surface area contributed by atoms with E-state index in [1.807, 2.05) is 4.90 Å². The van der Waals surface area contributed by atoms with Crippen LogP contribution in [0.2, 0.25) is 0 Å². The summed E-state index contributed by atoms with van der Waals surface area (Å²) in [5.41, 5.74) is -5.29. The van der Waals surface area contributed by atoms with Crippen LogP contribution in [0.4, 0.5) is 35.1 Å². The number of fused-ring (bicyclic) bond motifs is 2. The minimum Gasteiger partial charge on any atom is -0.336 e. The first-order valence-electron chi connectivity index (χ1n) is 40.4. The molecule has 95 heavy (non-hydrogen) atoms. The maximum Gasteiger partial charge on any atom is 0.416 e. The second-order valence-electron chi connectivity index (χ2n) is 21.6. The smallest absolute Gasteiger partial charge is 0.336 e. The minimum absolute atomic E-state index is 0.0337. The number of alkyl halides is 6. The Kier molecular flexibility index (Phi) is 16.5. The minimum atomic E-state index is -5.14. The van der Waals surface area contributed by atoms with Gasteiger partial charge < -0.3 is 28.7 Å². The van der Waals surface area contributed by atoms with Gasteiger partial charge in [-0.05, 0) is 164 Å². The Bertz CT molecular complexity index is 5110. The van der Waals surface area contributed by atoms with Crippen molar-refractivity contribution in [2.24, 2.45) is 0 Å². The molecule has 0 unspecified atom stereocenters. The van der Waals surface area contributed by atoms with Crippen molar-refractivity contribution >= 4 is 35.3 Å². The molecule has 0 fully saturated rings. The van der Waals surface area contributed by atoms with Gasteiger partial charge in [0.2, 0.25) is 11.8 Å². The molecule has 0 atom stereocenters. The van der Waals surface area contributed by atoms with Crippen molar-refractivity contribution < 1.29 is 73.5 Å². The van der Waals surface area contributed by atoms with Crippen LogP contribution in [0.5, 0.6) is 0 Å². The van der Waals surface area contributed by atoms with Crippen molar-refractivity contribution in [3.63, 3.8) is 0 Å². The Morgan fingerprint density at radius 3 is 1.64 bits per heavy atom. The Morgan fingerprint density at radius 2 is 1.07 bits per heavy atom. The van der Waals surface area contributed by atoms with Crippen molar-refractivity contribution in [1.29, 1.82) is 0 Å². The first-order chi connectivity index (χ1) is 53.7. The van der Waals surface area contributed by atoms with Crippen LogP contribution in [0, 0.1) is 18.6 Å². The van der Waals surface area contributed by atoms with Crippen LogP contribution in [-0.2, 0) is 85.2 Å². The molecule has 8 aromatic rings. The van der Waals surface area contributed by atoms with Crippen LogP contribution < -0.4 is 11.1 Å². The fraction of sp³-hybridized carbons (Fsp3) is 0.370. The molecule has 0 aliphatic heterocycles. The molecule has 2 aliphatic rings. The Labute approximate surface area is 586 Å². The quantitative estimate of drug-likeness (QED) is 0.0295. The Balaban J connectivity index is 0.000000273. The van der Waals surface area contributed by atoms with Crippen molar-refractivity contribution in [3.05, 3.63) is 233 Å². The molecule has 10 rings (SSSR count). The second kappa shape index (κ2) is 32.7. The summed E-state index contributed by atoms with van der Waals surface area (Å²) in [6, 6.07) is 7.04. The van der Waals surface area contributed by atoms with E-state index in [1.54, 1.807) is 54.8 Å². The summed E-state index contributed by atoms with van der Waals surface area (Å²) in [6.45, 7) is 1.55. The molecule has 0 radical (unpaired) electrons. The number of halogens is 8. The third kappa shape index (κ3) is 19.0. The molecule has 0 N–H and O–H groups in total. The number of nitrogens with zero attached hydrogens (tertiary/aromatic N) is 8. The molecule has 6 aromatic carbocycles. The summed E-state index contributed by atoms with van der Waals surface area (Å²) in [5.74, 6) is -3.45. The van der Waals surface area contributed by atoms with E-state index in [0.717, 1.165) is 46.5 Å². The van der Waals surface area contributed by atoms with E-state index in [-0.39, 0.29) is 56.6 Å². The number of likely N-dealkylation sites (N-methyl/N-ethyl adjacent to an activating group) is 2. The Morgan fingerprint density at radius 1 is 0.558 bits per heavy atom. The van der Waals surface area contributed by atoms with Gasteiger partial charge in [-0.3, -0.25) is 19.2 Å². The molecule has 2 heterocycles. The summed E-state index contributed by atoms with van der Waals surface area (Å²) in [7, 11) is 0. The van der Waals surface area contributed by atoms with Crippen LogP contribution in [-0.4, -0.2) is 103 Å². The first-order valence-corrected chi connectivity index (χ1v) is 31.8. The van der Waals surface area contributed by atoms with Crippen LogP contribution >= 0.6 is 23.5 Å². The van der Waals surface area contributed by atoms with Gasteiger partial charge in [-0.2, -0.15) is 36.3 Å². The molecule has 0 bridgehead atoms. The molecule has 22 heteroatoms. The van der Waals surface area contributed by atoms with Gasteiger partial charge in [0.1, 0.15) is 24.7 Å². The zero-order chi connectivity index (χ0) is 86.5. The van der Waals surface area contributed by atoms with Crippen molar-refractivity contribution in [2.45, 2.75) is 133 Å². The number of hydrogen-bond donors (Lipinski definition) is 0. The van der Waals surface area contributed by atoms with E-state index in [1.165, 1.54) is 54.8 Å². The number of benzene rings is 6. The zero-order valence-electron chi connectivity index (χ0n) is 73.1. The van der Waals surface area contributed by atoms with Gasteiger partial charge in [-0.25, -0.2) is 8.78 Å². The normalized spacial score (nSPS) is 17.9. The third-order valence-electron chi connectivity index (χ3n) is 15.4. The average Bonchev–Trinajstić information content (AvgIpc) is 1.52. The van der Waals surface area contributed by atoms with Gasteiger partial charge in [0, 0.05) is 87.0 Å². The highest BCUT2D eigenvalue weighted by atomic mass is 32.2. The molecule has 0 saturated carbocycles. The molecule has 0 saturated heterocycles. The lowest BCUT2D eigenvalue weighted by Crippen LogP contribution is -2.40. The van der Waals surface area contributed by atoms with Gasteiger partial charge in [0.05, 0.1) is 26.2 Å². The van der Waals surface area contributed by atoms with Crippen molar-refractivity contribution in [1.82, 2.24) is 38.7 Å². The number of amides is 2. The molecular formula is C73H78F8N8O4S2. The van der Waals surface area contributed by atoms with Crippen molar-refractivity contribution in [2.75, 3.05) is 52.3 Å². The van der Waals surface area contributed by atoms with E-state index in [2.05, 4.69) is 9.97 Å². The predicted molar refractivity (Wildman–Crippen MR) is 358 cm³/mol. The molecule has 0 spiro atoms. The van der Waals surface area contributed by atoms with E-state index < -0.39 is 202 Å². The first kappa shape index (κ1) is 47.9. The van der Waals surface area contributed by atoms with Gasteiger partial charge in [0.15, 0.2) is 10.3 Å². The lowest BCUT2D eigenvalue weighted by Gasteiger charge is -2.28. The largest absolute Gasteiger partial charge is 0.416 e. The van der Waals surface area contributed by atoms with Gasteiger partial charge >= 0.3 is 12.4 Å². The lowest BCUT2D eigenvalue weighted by atomic mass is 9.98. The number of carbonyl (C=O) groups is 2. The summed E-state index contributed by atoms with van der Waals surface area (Å²) in [5, 5.41) is -0.244. The fourth-order valence-corrected chi connectivity index (χ4v) is 12.1. The van der Waals surface area contributed by atoms with E-state index >= 15 is 0 Å². The summed E-state index contributed by atoms with van der Waals surface area (Å²) < 4.78 is 288. The maximum absolute atomic E-state index is 14.7. The highest BCUT2D eigenvalue weighted by molar-refractivity contribution is 7.98. The molecular weight excluding hydrogens is 1270 g/mol. The molecule has 12 nitrogen and oxygen atoms in total. The average molecular weight is 1370 g/mol. The standard InChI is InChI=1S/C37H40F4N4O2S.C36H38F4N4O2S/c1-4-43(5-2)19-20-44(22-26-9-13-28(14-10-26)29-15-18-32(25(3)21-29)37(39,40)41)34(46)23-45-33-8-6-7-31(33)35(47)42-36(45)48-24-27-11-16-30(38)17-12-27;1-3-42(4-2)20-21-43(22-25-8-12-27(13-9-25)28-14-16-29(17-15-28)36(38,39)40)33(45)23-44-32-7-5-6-31(32)34(46)41-35(44)47-24-26-10-18-30(37)19-11-26/h9-18,21H,4-8,19-20,22-24H2,1-3H3;8-19H,3-7,20-24H2,1-2H3/i6D2,7D2,8D2,9D,10D,11D,12D,13D,14D,15D,16D,17D,18D,21D;3D2,4D2. The molecule has 2 amide bonds. The second-order valence-corrected chi connectivity index (χ2v) is 23.5. The van der Waals surface area contributed by atoms with Crippen LogP contribution in [0.3, 0.4) is 0 Å². The van der Waals surface area contributed by atoms with Crippen LogP contribution in [0.25, 0.3) is 22.3 Å². The topological polar surface area (TPSA) is 117 Å². The number of carbonyl (C=O) groups excluding carboxylic acids is 2. The Hall–Kier alpha value is -7.92. The van der Waals surface area contributed by atoms with E-state index in [0.29, 0.717) is 75.4 Å². The van der Waals surface area contributed by atoms with Crippen LogP contribution in [0.1, 0.15) is 131 Å². The summed E-state index contributed by atoms with van der Waals surface area (Å²) in [4.78, 5) is 69.0. The van der Waals surface area contributed by atoms with E-state index in [4.69, 9.17) is 28.8 Å². The summed E-state index contributed by atoms with van der Waals surface area (Å²) >= 11 is 1.71. The molecule has 2 aliphatic carbocycles. The number of thioether (sulfide) groups is 2. The maximum atomic E-state index is 14.7. The SMILES string of the molecule is [2H]C([2H])(C)N(CCN(Cc1ccc(-c2ccc(C(F)(F)F)cc2)cc1)C(=O)Cn1c(SCc2ccc(F)cc2)nc(=O)c2c1CCC2)C([2H])([2H])C.[2H]c1c([2H])c(CSc2nc(=O)c3c(n2CC(=O)N(CCN(CC)CC)Cc2c([2H])c([2H])c(-c4c([2H])c([2H])c(C(F)(F)F)c(C)c4[2H])c([2H])c2[2H])C([2H])([2H])C([2H])([2H])C3([2H])[2H])c([2H])c([2H])c1F. The monoisotopic (exact) mass is 1370 g/mol. The highest BCUT2D eigenvalue weighted by Crippen LogP contribution is 2.36. The molecule has 502 valence electrons. The number of hydrogen-bond acceptors (Lipinski definition) is 10. The predicted octanol–water partition coefficient (Wildman–Crippen LogP) is 14.7. The summed E-state index contributed by atoms with van der Waals surface area (Å²) in [6.07, 6.45) is -17.9. The third-order valence-corrected chi connectivity index (χ3v) is 17.5. The zero-order valence-corrected chi connectivity index (χ0v) is 53.7. The van der Waals surface area contributed by atoms with Gasteiger partial charge in [0.25, 0.3) is 11.1 Å². The lowest BCUT2D eigenvalue weighted by molar-refractivity contribution is -0.138. The molecule has 2 aromatic heterocycles. The van der Waals surface area contributed by atoms with Crippen molar-refractivity contribution in [3.8, 4) is 22.3 Å². The number of rotatable bonds is 26. The van der Waals surface area contributed by atoms with Gasteiger partial charge in [-0.1, -0.05) is 148 Å². The van der Waals surface area contributed by atoms with Crippen LogP contribution in [0.15, 0.2) is 159 Å². The highest BCUT2D eigenvalue weighted by Gasteiger charge is 2.33.